The summed E-state index contributed by atoms with van der Waals surface area (Å²) in [6.07, 6.45) is 8.77. The Labute approximate surface area is 187 Å². The summed E-state index contributed by atoms with van der Waals surface area (Å²) in [5, 5.41) is 9.11. The van der Waals surface area contributed by atoms with E-state index in [1.54, 1.807) is 11.1 Å². The monoisotopic (exact) mass is 420 g/mol. The summed E-state index contributed by atoms with van der Waals surface area (Å²) in [5.41, 5.74) is 3.09. The summed E-state index contributed by atoms with van der Waals surface area (Å²) in [4.78, 5) is 20.5. The number of carbonyl (C=O) groups is 1. The summed E-state index contributed by atoms with van der Waals surface area (Å²) in [6, 6.07) is 12.6. The number of fused-ring (bicyclic) bond motifs is 1. The summed E-state index contributed by atoms with van der Waals surface area (Å²) in [6.45, 7) is 6.03. The molecular weight excluding hydrogens is 384 g/mol. The third kappa shape index (κ3) is 4.52. The van der Waals surface area contributed by atoms with Crippen molar-refractivity contribution in [2.24, 2.45) is 11.8 Å². The van der Waals surface area contributed by atoms with E-state index in [2.05, 4.69) is 40.1 Å². The SMILES string of the molecule is N#CC1CCN(C(=O)C2CCCN(C3CCN(C4Cc5ccccc5C4)CC3)C2)CC1. The normalized spacial score (nSPS) is 27.2. The highest BCUT2D eigenvalue weighted by molar-refractivity contribution is 5.79. The highest BCUT2D eigenvalue weighted by Gasteiger charge is 2.36. The fraction of sp³-hybridized carbons (Fsp3) is 0.692. The van der Waals surface area contributed by atoms with E-state index in [1.807, 2.05) is 4.90 Å². The zero-order valence-corrected chi connectivity index (χ0v) is 18.7. The zero-order chi connectivity index (χ0) is 21.2. The van der Waals surface area contributed by atoms with Crippen LogP contribution in [0.5, 0.6) is 0 Å². The Bertz CT molecular complexity index is 792. The number of benzene rings is 1. The maximum absolute atomic E-state index is 13.1. The second kappa shape index (κ2) is 9.30. The van der Waals surface area contributed by atoms with Crippen LogP contribution in [-0.2, 0) is 17.6 Å². The van der Waals surface area contributed by atoms with Gasteiger partial charge in [0.1, 0.15) is 0 Å². The van der Waals surface area contributed by atoms with Gasteiger partial charge in [0, 0.05) is 37.6 Å². The van der Waals surface area contributed by atoms with Crippen LogP contribution in [0.4, 0.5) is 0 Å². The third-order valence-electron chi connectivity index (χ3n) is 8.35. The number of rotatable bonds is 3. The highest BCUT2D eigenvalue weighted by atomic mass is 16.2. The molecule has 5 rings (SSSR count). The summed E-state index contributed by atoms with van der Waals surface area (Å²) in [7, 11) is 0. The molecule has 0 spiro atoms. The van der Waals surface area contributed by atoms with Gasteiger partial charge in [0.25, 0.3) is 0 Å². The van der Waals surface area contributed by atoms with Gasteiger partial charge in [-0.15, -0.1) is 0 Å². The van der Waals surface area contributed by atoms with Crippen LogP contribution in [0.1, 0.15) is 49.7 Å². The van der Waals surface area contributed by atoms with Crippen LogP contribution in [0.3, 0.4) is 0 Å². The van der Waals surface area contributed by atoms with Crippen LogP contribution in [0.25, 0.3) is 0 Å². The van der Waals surface area contributed by atoms with Gasteiger partial charge in [-0.25, -0.2) is 0 Å². The molecule has 5 heteroatoms. The van der Waals surface area contributed by atoms with Crippen molar-refractivity contribution in [3.05, 3.63) is 35.4 Å². The van der Waals surface area contributed by atoms with Crippen LogP contribution < -0.4 is 0 Å². The fourth-order valence-corrected chi connectivity index (χ4v) is 6.44. The lowest BCUT2D eigenvalue weighted by Gasteiger charge is -2.44. The molecule has 1 unspecified atom stereocenters. The molecule has 1 aliphatic carbocycles. The smallest absolute Gasteiger partial charge is 0.226 e. The second-order valence-electron chi connectivity index (χ2n) is 10.2. The van der Waals surface area contributed by atoms with Crippen molar-refractivity contribution in [3.8, 4) is 6.07 Å². The quantitative estimate of drug-likeness (QED) is 0.754. The van der Waals surface area contributed by atoms with Crippen molar-refractivity contribution in [1.82, 2.24) is 14.7 Å². The molecule has 0 radical (unpaired) electrons. The Morgan fingerprint density at radius 3 is 2.16 bits per heavy atom. The number of nitrogens with zero attached hydrogens (tertiary/aromatic N) is 4. The third-order valence-corrected chi connectivity index (χ3v) is 8.35. The second-order valence-corrected chi connectivity index (χ2v) is 10.2. The first-order valence-corrected chi connectivity index (χ1v) is 12.4. The van der Waals surface area contributed by atoms with E-state index >= 15 is 0 Å². The maximum atomic E-state index is 13.1. The van der Waals surface area contributed by atoms with Gasteiger partial charge in [-0.3, -0.25) is 14.6 Å². The Balaban J connectivity index is 1.11. The molecule has 1 aromatic rings. The predicted molar refractivity (Wildman–Crippen MR) is 121 cm³/mol. The minimum Gasteiger partial charge on any atom is -0.342 e. The number of piperidine rings is 3. The largest absolute Gasteiger partial charge is 0.342 e. The van der Waals surface area contributed by atoms with Crippen molar-refractivity contribution in [1.29, 1.82) is 5.26 Å². The molecule has 1 aromatic carbocycles. The number of hydrogen-bond acceptors (Lipinski definition) is 4. The van der Waals surface area contributed by atoms with Gasteiger partial charge in [-0.1, -0.05) is 24.3 Å². The lowest BCUT2D eigenvalue weighted by Crippen LogP contribution is -2.53. The van der Waals surface area contributed by atoms with Crippen LogP contribution >= 0.6 is 0 Å². The van der Waals surface area contributed by atoms with Gasteiger partial charge in [0.2, 0.25) is 5.91 Å². The van der Waals surface area contributed by atoms with Crippen LogP contribution in [-0.4, -0.2) is 72.0 Å². The van der Waals surface area contributed by atoms with Crippen molar-refractivity contribution >= 4 is 5.91 Å². The maximum Gasteiger partial charge on any atom is 0.226 e. The fourth-order valence-electron chi connectivity index (χ4n) is 6.44. The van der Waals surface area contributed by atoms with Crippen molar-refractivity contribution in [2.75, 3.05) is 39.3 Å². The van der Waals surface area contributed by atoms with Gasteiger partial charge in [0.15, 0.2) is 0 Å². The summed E-state index contributed by atoms with van der Waals surface area (Å²) in [5.74, 6) is 0.654. The Kier molecular flexibility index (Phi) is 6.29. The minimum absolute atomic E-state index is 0.143. The predicted octanol–water partition coefficient (Wildman–Crippen LogP) is 3.09. The molecule has 1 atom stereocenters. The zero-order valence-electron chi connectivity index (χ0n) is 18.7. The van der Waals surface area contributed by atoms with E-state index in [1.165, 1.54) is 38.8 Å². The molecule has 0 saturated carbocycles. The van der Waals surface area contributed by atoms with Crippen LogP contribution in [0, 0.1) is 23.2 Å². The van der Waals surface area contributed by atoms with E-state index in [0.717, 1.165) is 51.9 Å². The standard InChI is InChI=1S/C26H36N4O/c27-18-20-7-12-29(13-8-20)26(31)23-6-3-11-30(19-23)24-9-14-28(15-10-24)25-16-21-4-1-2-5-22(21)17-25/h1-2,4-5,20,23-25H,3,6-17,19H2. The Morgan fingerprint density at radius 2 is 1.52 bits per heavy atom. The van der Waals surface area contributed by atoms with E-state index in [9.17, 15) is 4.79 Å². The van der Waals surface area contributed by atoms with Crippen LogP contribution in [0.15, 0.2) is 24.3 Å². The van der Waals surface area contributed by atoms with Gasteiger partial charge in [-0.2, -0.15) is 5.26 Å². The van der Waals surface area contributed by atoms with Gasteiger partial charge in [-0.05, 0) is 82.1 Å². The molecule has 0 aromatic heterocycles. The summed E-state index contributed by atoms with van der Waals surface area (Å²) < 4.78 is 0. The molecule has 31 heavy (non-hydrogen) atoms. The van der Waals surface area contributed by atoms with E-state index in [4.69, 9.17) is 5.26 Å². The number of nitriles is 1. The number of amides is 1. The van der Waals surface area contributed by atoms with Gasteiger partial charge >= 0.3 is 0 Å². The molecule has 4 aliphatic rings. The van der Waals surface area contributed by atoms with E-state index in [0.29, 0.717) is 18.0 Å². The molecule has 3 fully saturated rings. The lowest BCUT2D eigenvalue weighted by atomic mass is 9.91. The highest BCUT2D eigenvalue weighted by Crippen LogP contribution is 2.30. The molecule has 3 aliphatic heterocycles. The van der Waals surface area contributed by atoms with Gasteiger partial charge < -0.3 is 4.90 Å². The molecule has 0 N–H and O–H groups in total. The molecule has 1 amide bonds. The molecular formula is C26H36N4O. The first-order chi connectivity index (χ1) is 15.2. The lowest BCUT2D eigenvalue weighted by molar-refractivity contribution is -0.139. The first kappa shape index (κ1) is 21.0. The molecule has 5 nitrogen and oxygen atoms in total. The Morgan fingerprint density at radius 1 is 0.839 bits per heavy atom. The number of carbonyl (C=O) groups excluding carboxylic acids is 1. The van der Waals surface area contributed by atoms with Crippen molar-refractivity contribution in [2.45, 2.75) is 63.5 Å². The average Bonchev–Trinajstić information content (AvgIpc) is 3.28. The van der Waals surface area contributed by atoms with Crippen molar-refractivity contribution < 1.29 is 4.79 Å². The average molecular weight is 421 g/mol. The number of hydrogen-bond donors (Lipinski definition) is 0. The van der Waals surface area contributed by atoms with E-state index in [-0.39, 0.29) is 11.8 Å². The van der Waals surface area contributed by atoms with Gasteiger partial charge in [0.05, 0.1) is 12.0 Å². The van der Waals surface area contributed by atoms with Crippen LogP contribution in [0.2, 0.25) is 0 Å². The number of likely N-dealkylation sites (tertiary alicyclic amines) is 3. The molecule has 3 saturated heterocycles. The topological polar surface area (TPSA) is 50.6 Å². The van der Waals surface area contributed by atoms with E-state index < -0.39 is 0 Å². The van der Waals surface area contributed by atoms with Crippen molar-refractivity contribution in [3.63, 3.8) is 0 Å². The summed E-state index contributed by atoms with van der Waals surface area (Å²) >= 11 is 0. The molecule has 0 bridgehead atoms. The first-order valence-electron chi connectivity index (χ1n) is 12.4. The minimum atomic E-state index is 0.143. The molecule has 3 heterocycles. The molecule has 166 valence electrons. The Hall–Kier alpha value is -1.90.